The number of nitrogens with zero attached hydrogens (tertiary/aromatic N) is 1. The minimum atomic E-state index is -3.75. The summed E-state index contributed by atoms with van der Waals surface area (Å²) in [4.78, 5) is 23.6. The van der Waals surface area contributed by atoms with Gasteiger partial charge in [0.15, 0.2) is 0 Å². The van der Waals surface area contributed by atoms with Crippen molar-refractivity contribution in [3.63, 3.8) is 0 Å². The largest absolute Gasteiger partial charge is 0.545 e. The summed E-state index contributed by atoms with van der Waals surface area (Å²) in [6, 6.07) is 10.0. The van der Waals surface area contributed by atoms with Crippen LogP contribution in [-0.4, -0.2) is 50.9 Å². The van der Waals surface area contributed by atoms with Gasteiger partial charge in [-0.2, -0.15) is 4.31 Å². The fourth-order valence-corrected chi connectivity index (χ4v) is 4.53. The number of carboxylic acids is 1. The van der Waals surface area contributed by atoms with Crippen LogP contribution in [0.3, 0.4) is 0 Å². The van der Waals surface area contributed by atoms with Gasteiger partial charge in [-0.05, 0) is 42.3 Å². The number of morpholine rings is 1. The number of nitrogens with one attached hydrogen (secondary N) is 1. The monoisotopic (exact) mass is 403 g/mol. The number of anilines is 1. The van der Waals surface area contributed by atoms with E-state index >= 15 is 0 Å². The molecule has 2 aromatic rings. The van der Waals surface area contributed by atoms with E-state index in [1.807, 2.05) is 0 Å². The Morgan fingerprint density at radius 2 is 1.79 bits per heavy atom. The van der Waals surface area contributed by atoms with Crippen molar-refractivity contribution in [2.24, 2.45) is 0 Å². The number of carboxylic acid groups (broad SMARTS) is 1. The highest BCUT2D eigenvalue weighted by Gasteiger charge is 2.28. The van der Waals surface area contributed by atoms with Gasteiger partial charge >= 0.3 is 0 Å². The number of sulfonamides is 1. The first-order chi connectivity index (χ1) is 13.3. The van der Waals surface area contributed by atoms with Crippen LogP contribution in [0.15, 0.2) is 47.4 Å². The Morgan fingerprint density at radius 3 is 2.46 bits per heavy atom. The molecule has 1 fully saturated rings. The van der Waals surface area contributed by atoms with Crippen LogP contribution in [0.4, 0.5) is 5.69 Å². The van der Waals surface area contributed by atoms with Gasteiger partial charge in [0.25, 0.3) is 5.91 Å². The number of rotatable bonds is 5. The van der Waals surface area contributed by atoms with Crippen molar-refractivity contribution in [1.82, 2.24) is 4.31 Å². The number of hydrogen-bond acceptors (Lipinski definition) is 6. The van der Waals surface area contributed by atoms with Crippen LogP contribution >= 0.6 is 0 Å². The summed E-state index contributed by atoms with van der Waals surface area (Å²) >= 11 is 0. The average molecular weight is 403 g/mol. The van der Waals surface area contributed by atoms with E-state index in [0.29, 0.717) is 18.8 Å². The molecule has 0 radical (unpaired) electrons. The molecule has 1 N–H and O–H groups in total. The second-order valence-corrected chi connectivity index (χ2v) is 8.23. The Kier molecular flexibility index (Phi) is 5.78. The normalized spacial score (nSPS) is 15.2. The van der Waals surface area contributed by atoms with Crippen LogP contribution in [0.1, 0.15) is 26.3 Å². The Labute approximate surface area is 162 Å². The zero-order chi connectivity index (χ0) is 20.3. The summed E-state index contributed by atoms with van der Waals surface area (Å²) < 4.78 is 32.4. The predicted molar refractivity (Wildman–Crippen MR) is 99.5 cm³/mol. The summed E-state index contributed by atoms with van der Waals surface area (Å²) in [5, 5.41) is 13.5. The topological polar surface area (TPSA) is 116 Å². The Morgan fingerprint density at radius 1 is 1.07 bits per heavy atom. The number of hydrogen-bond donors (Lipinski definition) is 1. The molecule has 1 saturated heterocycles. The molecule has 0 bridgehead atoms. The third-order valence-corrected chi connectivity index (χ3v) is 6.43. The molecule has 1 amide bonds. The van der Waals surface area contributed by atoms with Crippen LogP contribution in [0.25, 0.3) is 0 Å². The minimum absolute atomic E-state index is 0.0607. The molecule has 28 heavy (non-hydrogen) atoms. The summed E-state index contributed by atoms with van der Waals surface area (Å²) in [6.45, 7) is 2.83. The molecule has 0 unspecified atom stereocenters. The highest BCUT2D eigenvalue weighted by Crippen LogP contribution is 2.23. The van der Waals surface area contributed by atoms with E-state index < -0.39 is 21.9 Å². The summed E-state index contributed by atoms with van der Waals surface area (Å²) in [5.74, 6) is -1.90. The molecule has 8 nitrogen and oxygen atoms in total. The average Bonchev–Trinajstić information content (AvgIpc) is 2.69. The van der Waals surface area contributed by atoms with Gasteiger partial charge in [0, 0.05) is 24.3 Å². The van der Waals surface area contributed by atoms with Crippen molar-refractivity contribution in [3.8, 4) is 0 Å². The van der Waals surface area contributed by atoms with E-state index in [1.54, 1.807) is 13.0 Å². The van der Waals surface area contributed by atoms with Crippen molar-refractivity contribution in [2.45, 2.75) is 11.8 Å². The molecule has 1 aliphatic heterocycles. The van der Waals surface area contributed by atoms with E-state index in [9.17, 15) is 23.1 Å². The smallest absolute Gasteiger partial charge is 0.255 e. The third-order valence-electron chi connectivity index (χ3n) is 4.39. The van der Waals surface area contributed by atoms with Crippen molar-refractivity contribution in [1.29, 1.82) is 0 Å². The number of ether oxygens (including phenoxy) is 1. The highest BCUT2D eigenvalue weighted by molar-refractivity contribution is 7.89. The molecule has 1 aliphatic rings. The fourth-order valence-electron chi connectivity index (χ4n) is 2.87. The fraction of sp³-hybridized carbons (Fsp3) is 0.263. The Balaban J connectivity index is 1.87. The first-order valence-electron chi connectivity index (χ1n) is 8.60. The Bertz CT molecular complexity index is 1010. The number of aryl methyl sites for hydroxylation is 1. The molecule has 2 aromatic carbocycles. The molecule has 3 rings (SSSR count). The van der Waals surface area contributed by atoms with Gasteiger partial charge in [-0.15, -0.1) is 0 Å². The SMILES string of the molecule is Cc1ccc(C(=O)Nc2cccc(C(=O)[O-])c2)cc1S(=O)(=O)N1CCOCC1. The van der Waals surface area contributed by atoms with Crippen molar-refractivity contribution < 1.29 is 27.9 Å². The second-order valence-electron chi connectivity index (χ2n) is 6.32. The van der Waals surface area contributed by atoms with Crippen LogP contribution in [0, 0.1) is 6.92 Å². The molecule has 0 spiro atoms. The first kappa shape index (κ1) is 20.0. The van der Waals surface area contributed by atoms with E-state index in [2.05, 4.69) is 5.32 Å². The maximum atomic E-state index is 12.9. The molecule has 0 atom stereocenters. The second kappa shape index (κ2) is 8.09. The van der Waals surface area contributed by atoms with Gasteiger partial charge in [-0.1, -0.05) is 18.2 Å². The van der Waals surface area contributed by atoms with Gasteiger partial charge in [0.05, 0.1) is 24.1 Å². The summed E-state index contributed by atoms with van der Waals surface area (Å²) in [7, 11) is -3.75. The summed E-state index contributed by atoms with van der Waals surface area (Å²) in [6.07, 6.45) is 0. The molecule has 148 valence electrons. The minimum Gasteiger partial charge on any atom is -0.545 e. The number of carbonyl (C=O) groups excluding carboxylic acids is 2. The van der Waals surface area contributed by atoms with Crippen LogP contribution in [-0.2, 0) is 14.8 Å². The number of benzene rings is 2. The molecular weight excluding hydrogens is 384 g/mol. The van der Waals surface area contributed by atoms with E-state index in [-0.39, 0.29) is 34.8 Å². The Hall–Kier alpha value is -2.75. The lowest BCUT2D eigenvalue weighted by Crippen LogP contribution is -2.40. The first-order valence-corrected chi connectivity index (χ1v) is 10.0. The van der Waals surface area contributed by atoms with E-state index in [0.717, 1.165) is 0 Å². The zero-order valence-corrected chi connectivity index (χ0v) is 16.0. The highest BCUT2D eigenvalue weighted by atomic mass is 32.2. The van der Waals surface area contributed by atoms with Gasteiger partial charge in [-0.25, -0.2) is 8.42 Å². The van der Waals surface area contributed by atoms with Gasteiger partial charge in [0.2, 0.25) is 10.0 Å². The van der Waals surface area contributed by atoms with Crippen LogP contribution in [0.2, 0.25) is 0 Å². The van der Waals surface area contributed by atoms with E-state index in [4.69, 9.17) is 4.74 Å². The molecule has 0 aromatic heterocycles. The maximum Gasteiger partial charge on any atom is 0.255 e. The zero-order valence-electron chi connectivity index (χ0n) is 15.2. The predicted octanol–water partition coefficient (Wildman–Crippen LogP) is 0.632. The number of amides is 1. The van der Waals surface area contributed by atoms with Crippen molar-refractivity contribution >= 4 is 27.6 Å². The molecular formula is C19H19N2O6S-. The van der Waals surface area contributed by atoms with E-state index in [1.165, 1.54) is 40.7 Å². The van der Waals surface area contributed by atoms with Crippen molar-refractivity contribution in [2.75, 3.05) is 31.6 Å². The molecule has 9 heteroatoms. The molecule has 1 heterocycles. The van der Waals surface area contributed by atoms with Crippen LogP contribution < -0.4 is 10.4 Å². The molecule has 0 saturated carbocycles. The third kappa shape index (κ3) is 4.22. The molecule has 0 aliphatic carbocycles. The lowest BCUT2D eigenvalue weighted by atomic mass is 10.1. The number of aromatic carboxylic acids is 1. The van der Waals surface area contributed by atoms with Crippen molar-refractivity contribution in [3.05, 3.63) is 59.2 Å². The number of carbonyl (C=O) groups is 2. The summed E-state index contributed by atoms with van der Waals surface area (Å²) in [5.41, 5.74) is 0.875. The maximum absolute atomic E-state index is 12.9. The van der Waals surface area contributed by atoms with Crippen LogP contribution in [0.5, 0.6) is 0 Å². The lowest BCUT2D eigenvalue weighted by molar-refractivity contribution is -0.255. The standard InChI is InChI=1S/C19H20N2O6S/c1-13-5-6-14(12-17(13)28(25,26)21-7-9-27-10-8-21)18(22)20-16-4-2-3-15(11-16)19(23)24/h2-6,11-12H,7-10H2,1H3,(H,20,22)(H,23,24)/p-1. The van der Waals surface area contributed by atoms with Gasteiger partial charge in [0.1, 0.15) is 0 Å². The quantitative estimate of drug-likeness (QED) is 0.783. The van der Waals surface area contributed by atoms with Gasteiger partial charge < -0.3 is 20.0 Å². The lowest BCUT2D eigenvalue weighted by Gasteiger charge is -2.26. The van der Waals surface area contributed by atoms with Gasteiger partial charge in [-0.3, -0.25) is 4.79 Å².